The highest BCUT2D eigenvalue weighted by atomic mass is 16.2. The van der Waals surface area contributed by atoms with Crippen molar-refractivity contribution >= 4 is 22.8 Å². The van der Waals surface area contributed by atoms with Crippen LogP contribution in [0.25, 0.3) is 11.0 Å². The fourth-order valence-electron chi connectivity index (χ4n) is 4.85. The molecule has 2 aliphatic heterocycles. The monoisotopic (exact) mass is 340 g/mol. The second-order valence-corrected chi connectivity index (χ2v) is 7.73. The van der Waals surface area contributed by atoms with Gasteiger partial charge in [-0.25, -0.2) is 9.97 Å². The number of anilines is 1. The number of amides is 1. The van der Waals surface area contributed by atoms with Gasteiger partial charge in [0.15, 0.2) is 0 Å². The minimum Gasteiger partial charge on any atom is -0.356 e. The number of carbonyl (C=O) groups is 1. The van der Waals surface area contributed by atoms with Crippen LogP contribution in [0.1, 0.15) is 44.9 Å². The average molecular weight is 340 g/mol. The molecule has 7 nitrogen and oxygen atoms in total. The van der Waals surface area contributed by atoms with Crippen LogP contribution >= 0.6 is 0 Å². The number of hydrogen-bond donors (Lipinski definition) is 3. The SMILES string of the molecule is O=C1NC2(CCN(c3ncnc4[nH]ccc34)CC2)NC12CCCCC2. The molecule has 0 bridgehead atoms. The molecule has 2 spiro atoms. The van der Waals surface area contributed by atoms with Crippen molar-refractivity contribution in [1.82, 2.24) is 25.6 Å². The molecule has 1 amide bonds. The van der Waals surface area contributed by atoms with Crippen molar-refractivity contribution in [2.45, 2.75) is 56.1 Å². The maximum atomic E-state index is 12.7. The van der Waals surface area contributed by atoms with Crippen molar-refractivity contribution < 1.29 is 4.79 Å². The molecule has 2 saturated heterocycles. The number of nitrogens with one attached hydrogen (secondary N) is 3. The number of carbonyl (C=O) groups excluding carboxylic acids is 1. The highest BCUT2D eigenvalue weighted by Crippen LogP contribution is 2.38. The van der Waals surface area contributed by atoms with E-state index in [1.54, 1.807) is 6.33 Å². The molecular formula is C18H24N6O. The number of aromatic nitrogens is 3. The minimum atomic E-state index is -0.316. The predicted molar refractivity (Wildman–Crippen MR) is 95.2 cm³/mol. The lowest BCUT2D eigenvalue weighted by atomic mass is 9.81. The van der Waals surface area contributed by atoms with E-state index in [0.29, 0.717) is 0 Å². The van der Waals surface area contributed by atoms with Crippen molar-refractivity contribution in [3.8, 4) is 0 Å². The van der Waals surface area contributed by atoms with Gasteiger partial charge in [-0.1, -0.05) is 19.3 Å². The van der Waals surface area contributed by atoms with Crippen molar-refractivity contribution in [3.05, 3.63) is 18.6 Å². The summed E-state index contributed by atoms with van der Waals surface area (Å²) in [5.74, 6) is 1.20. The number of rotatable bonds is 1. The molecule has 3 N–H and O–H groups in total. The van der Waals surface area contributed by atoms with Crippen LogP contribution in [-0.4, -0.2) is 45.2 Å². The van der Waals surface area contributed by atoms with E-state index >= 15 is 0 Å². The molecule has 5 rings (SSSR count). The van der Waals surface area contributed by atoms with E-state index < -0.39 is 0 Å². The van der Waals surface area contributed by atoms with E-state index in [9.17, 15) is 4.79 Å². The number of nitrogens with zero attached hydrogens (tertiary/aromatic N) is 3. The standard InChI is InChI=1S/C18H24N6O/c25-16-17(5-2-1-3-6-17)23-18(22-16)7-10-24(11-8-18)15-13-4-9-19-14(13)20-12-21-15/h4,9,12,23H,1-3,5-8,10-11H2,(H,22,25)(H,19,20,21). The molecule has 7 heteroatoms. The Balaban J connectivity index is 1.35. The van der Waals surface area contributed by atoms with Gasteiger partial charge in [0.2, 0.25) is 5.91 Å². The molecule has 3 fully saturated rings. The van der Waals surface area contributed by atoms with Gasteiger partial charge in [0.1, 0.15) is 17.8 Å². The summed E-state index contributed by atoms with van der Waals surface area (Å²) in [4.78, 5) is 26.9. The van der Waals surface area contributed by atoms with Gasteiger partial charge < -0.3 is 15.2 Å². The van der Waals surface area contributed by atoms with Crippen LogP contribution in [0.2, 0.25) is 0 Å². The van der Waals surface area contributed by atoms with E-state index in [1.165, 1.54) is 6.42 Å². The normalized spacial score (nSPS) is 25.0. The fourth-order valence-corrected chi connectivity index (χ4v) is 4.85. The minimum absolute atomic E-state index is 0.218. The summed E-state index contributed by atoms with van der Waals surface area (Å²) in [5.41, 5.74) is 0.317. The molecule has 132 valence electrons. The Morgan fingerprint density at radius 1 is 1.04 bits per heavy atom. The largest absolute Gasteiger partial charge is 0.356 e. The molecule has 0 radical (unpaired) electrons. The Hall–Kier alpha value is -2.15. The summed E-state index contributed by atoms with van der Waals surface area (Å²) in [7, 11) is 0. The Labute approximate surface area is 146 Å². The molecule has 3 aliphatic rings. The first kappa shape index (κ1) is 15.1. The molecule has 2 aromatic heterocycles. The van der Waals surface area contributed by atoms with E-state index in [0.717, 1.165) is 68.5 Å². The summed E-state index contributed by atoms with van der Waals surface area (Å²) in [5, 5.41) is 8.13. The van der Waals surface area contributed by atoms with E-state index in [4.69, 9.17) is 0 Å². The molecule has 0 atom stereocenters. The molecule has 0 aromatic carbocycles. The lowest BCUT2D eigenvalue weighted by molar-refractivity contribution is -0.125. The quantitative estimate of drug-likeness (QED) is 0.735. The third-order valence-corrected chi connectivity index (χ3v) is 6.22. The topological polar surface area (TPSA) is 85.9 Å². The molecule has 1 aliphatic carbocycles. The van der Waals surface area contributed by atoms with Crippen LogP contribution in [0.4, 0.5) is 5.82 Å². The van der Waals surface area contributed by atoms with Crippen LogP contribution < -0.4 is 15.5 Å². The van der Waals surface area contributed by atoms with Crippen LogP contribution in [0, 0.1) is 0 Å². The van der Waals surface area contributed by atoms with Crippen molar-refractivity contribution in [1.29, 1.82) is 0 Å². The summed E-state index contributed by atoms with van der Waals surface area (Å²) in [6.45, 7) is 1.75. The summed E-state index contributed by atoms with van der Waals surface area (Å²) in [6.07, 6.45) is 10.8. The predicted octanol–water partition coefficient (Wildman–Crippen LogP) is 1.68. The Kier molecular flexibility index (Phi) is 3.28. The van der Waals surface area contributed by atoms with Gasteiger partial charge in [-0.15, -0.1) is 0 Å². The Morgan fingerprint density at radius 3 is 2.64 bits per heavy atom. The van der Waals surface area contributed by atoms with Crippen LogP contribution in [-0.2, 0) is 4.79 Å². The summed E-state index contributed by atoms with van der Waals surface area (Å²) < 4.78 is 0. The third kappa shape index (κ3) is 2.33. The number of fused-ring (bicyclic) bond motifs is 1. The van der Waals surface area contributed by atoms with Crippen LogP contribution in [0.5, 0.6) is 0 Å². The fraction of sp³-hybridized carbons (Fsp3) is 0.611. The van der Waals surface area contributed by atoms with Gasteiger partial charge in [0.25, 0.3) is 0 Å². The maximum Gasteiger partial charge on any atom is 0.241 e. The first-order chi connectivity index (χ1) is 12.2. The van der Waals surface area contributed by atoms with E-state index in [2.05, 4.69) is 30.5 Å². The second kappa shape index (κ2) is 5.42. The first-order valence-corrected chi connectivity index (χ1v) is 9.35. The van der Waals surface area contributed by atoms with Gasteiger partial charge in [0.05, 0.1) is 16.6 Å². The maximum absolute atomic E-state index is 12.7. The van der Waals surface area contributed by atoms with Gasteiger partial charge in [0, 0.05) is 32.1 Å². The zero-order chi connectivity index (χ0) is 16.9. The van der Waals surface area contributed by atoms with E-state index in [-0.39, 0.29) is 17.1 Å². The van der Waals surface area contributed by atoms with Crippen LogP contribution in [0.3, 0.4) is 0 Å². The first-order valence-electron chi connectivity index (χ1n) is 9.35. The highest BCUT2D eigenvalue weighted by Gasteiger charge is 2.54. The van der Waals surface area contributed by atoms with E-state index in [1.807, 2.05) is 12.3 Å². The molecule has 0 unspecified atom stereocenters. The number of aromatic amines is 1. The molecule has 4 heterocycles. The third-order valence-electron chi connectivity index (χ3n) is 6.22. The Bertz CT molecular complexity index is 801. The zero-order valence-electron chi connectivity index (χ0n) is 14.3. The average Bonchev–Trinajstić information content (AvgIpc) is 3.20. The summed E-state index contributed by atoms with van der Waals surface area (Å²) in [6, 6.07) is 2.03. The molecular weight excluding hydrogens is 316 g/mol. The van der Waals surface area contributed by atoms with Gasteiger partial charge in [-0.2, -0.15) is 0 Å². The molecule has 25 heavy (non-hydrogen) atoms. The van der Waals surface area contributed by atoms with Crippen molar-refractivity contribution in [2.24, 2.45) is 0 Å². The van der Waals surface area contributed by atoms with Gasteiger partial charge in [-0.3, -0.25) is 10.1 Å². The van der Waals surface area contributed by atoms with Crippen LogP contribution in [0.15, 0.2) is 18.6 Å². The van der Waals surface area contributed by atoms with Gasteiger partial charge >= 0.3 is 0 Å². The summed E-state index contributed by atoms with van der Waals surface area (Å²) >= 11 is 0. The second-order valence-electron chi connectivity index (χ2n) is 7.73. The number of hydrogen-bond acceptors (Lipinski definition) is 5. The molecule has 2 aromatic rings. The number of H-pyrrole nitrogens is 1. The number of piperidine rings is 1. The smallest absolute Gasteiger partial charge is 0.241 e. The zero-order valence-corrected chi connectivity index (χ0v) is 14.3. The Morgan fingerprint density at radius 2 is 1.84 bits per heavy atom. The lowest BCUT2D eigenvalue weighted by Crippen LogP contribution is -2.59. The van der Waals surface area contributed by atoms with Crippen molar-refractivity contribution in [2.75, 3.05) is 18.0 Å². The van der Waals surface area contributed by atoms with Crippen molar-refractivity contribution in [3.63, 3.8) is 0 Å². The van der Waals surface area contributed by atoms with Gasteiger partial charge in [-0.05, 0) is 18.9 Å². The highest BCUT2D eigenvalue weighted by molar-refractivity contribution is 5.90. The lowest BCUT2D eigenvalue weighted by Gasteiger charge is -2.41. The molecule has 1 saturated carbocycles.